The largest absolute Gasteiger partial charge is 0.481 e. The van der Waals surface area contributed by atoms with Crippen LogP contribution in [0.5, 0.6) is 0 Å². The van der Waals surface area contributed by atoms with E-state index in [2.05, 4.69) is 0 Å². The molecule has 1 saturated carbocycles. The monoisotopic (exact) mass is 243 g/mol. The molecule has 1 aliphatic carbocycles. The van der Waals surface area contributed by atoms with E-state index in [4.69, 9.17) is 5.11 Å². The number of carboxylic acid groups (broad SMARTS) is 1. The molecule has 5 heteroatoms. The van der Waals surface area contributed by atoms with Gasteiger partial charge in [0.1, 0.15) is 0 Å². The molecule has 0 bridgehead atoms. The maximum absolute atomic E-state index is 12.1. The van der Waals surface area contributed by atoms with Crippen molar-refractivity contribution in [2.75, 3.05) is 13.6 Å². The van der Waals surface area contributed by atoms with Crippen LogP contribution in [0.25, 0.3) is 0 Å². The van der Waals surface area contributed by atoms with Crippen LogP contribution in [0.3, 0.4) is 0 Å². The summed E-state index contributed by atoms with van der Waals surface area (Å²) < 4.78 is 0. The smallest absolute Gasteiger partial charge is 0.307 e. The molecule has 0 radical (unpaired) electrons. The molecule has 2 unspecified atom stereocenters. The molecular weight excluding hydrogens is 222 g/mol. The lowest BCUT2D eigenvalue weighted by atomic mass is 10.1. The number of carboxylic acids is 1. The van der Waals surface area contributed by atoms with Crippen LogP contribution in [0.4, 0.5) is 0 Å². The number of carbonyl (C=O) groups excluding carboxylic acids is 1. The van der Waals surface area contributed by atoms with Crippen molar-refractivity contribution in [1.82, 2.24) is 4.90 Å². The summed E-state index contributed by atoms with van der Waals surface area (Å²) in [5.74, 6) is -2.22. The lowest BCUT2D eigenvalue weighted by molar-refractivity contribution is -0.142. The van der Waals surface area contributed by atoms with Gasteiger partial charge >= 0.3 is 5.97 Å². The average molecular weight is 243 g/mol. The van der Waals surface area contributed by atoms with E-state index in [9.17, 15) is 14.7 Å². The van der Waals surface area contributed by atoms with Crippen molar-refractivity contribution in [2.45, 2.75) is 33.3 Å². The summed E-state index contributed by atoms with van der Waals surface area (Å²) in [6.45, 7) is 7.00. The summed E-state index contributed by atoms with van der Waals surface area (Å²) >= 11 is 0. The van der Waals surface area contributed by atoms with Gasteiger partial charge in [-0.25, -0.2) is 0 Å². The highest BCUT2D eigenvalue weighted by Crippen LogP contribution is 2.58. The molecule has 1 aliphatic rings. The van der Waals surface area contributed by atoms with E-state index in [0.717, 1.165) is 0 Å². The fourth-order valence-corrected chi connectivity index (χ4v) is 2.46. The second kappa shape index (κ2) is 3.98. The van der Waals surface area contributed by atoms with E-state index < -0.39 is 28.8 Å². The maximum Gasteiger partial charge on any atom is 0.307 e. The highest BCUT2D eigenvalue weighted by atomic mass is 16.4. The second-order valence-corrected chi connectivity index (χ2v) is 6.12. The minimum atomic E-state index is -0.970. The van der Waals surface area contributed by atoms with Crippen LogP contribution in [0.2, 0.25) is 0 Å². The van der Waals surface area contributed by atoms with Crippen LogP contribution in [0.15, 0.2) is 0 Å². The lowest BCUT2D eigenvalue weighted by Gasteiger charge is -2.26. The highest BCUT2D eigenvalue weighted by Gasteiger charge is 2.66. The predicted molar refractivity (Wildman–Crippen MR) is 62.3 cm³/mol. The third-order valence-electron chi connectivity index (χ3n) is 3.36. The Morgan fingerprint density at radius 1 is 1.29 bits per heavy atom. The Hall–Kier alpha value is -1.10. The molecule has 2 N–H and O–H groups in total. The molecule has 0 spiro atoms. The molecule has 0 aliphatic heterocycles. The third kappa shape index (κ3) is 2.77. The molecule has 1 fully saturated rings. The second-order valence-electron chi connectivity index (χ2n) is 6.12. The fraction of sp³-hybridized carbons (Fsp3) is 0.833. The summed E-state index contributed by atoms with van der Waals surface area (Å²) in [5.41, 5.74) is -1.46. The Kier molecular flexibility index (Phi) is 3.27. The Morgan fingerprint density at radius 2 is 1.76 bits per heavy atom. The van der Waals surface area contributed by atoms with Gasteiger partial charge < -0.3 is 15.1 Å². The molecule has 0 aromatic carbocycles. The van der Waals surface area contributed by atoms with Crippen molar-refractivity contribution in [3.63, 3.8) is 0 Å². The Labute approximate surface area is 101 Å². The number of carbonyl (C=O) groups is 2. The van der Waals surface area contributed by atoms with Crippen LogP contribution < -0.4 is 0 Å². The molecule has 5 nitrogen and oxygen atoms in total. The summed E-state index contributed by atoms with van der Waals surface area (Å²) in [4.78, 5) is 24.5. The van der Waals surface area contributed by atoms with Crippen LogP contribution >= 0.6 is 0 Å². The lowest BCUT2D eigenvalue weighted by Crippen LogP contribution is -2.41. The van der Waals surface area contributed by atoms with Gasteiger partial charge in [0.25, 0.3) is 0 Å². The highest BCUT2D eigenvalue weighted by molar-refractivity contribution is 5.91. The van der Waals surface area contributed by atoms with E-state index in [1.54, 1.807) is 34.7 Å². The van der Waals surface area contributed by atoms with Crippen molar-refractivity contribution in [3.05, 3.63) is 0 Å². The maximum atomic E-state index is 12.1. The number of aliphatic hydroxyl groups is 1. The topological polar surface area (TPSA) is 77.8 Å². The molecule has 0 saturated heterocycles. The first-order valence-corrected chi connectivity index (χ1v) is 5.68. The minimum Gasteiger partial charge on any atom is -0.481 e. The summed E-state index contributed by atoms with van der Waals surface area (Å²) in [7, 11) is 1.59. The molecule has 2 atom stereocenters. The average Bonchev–Trinajstić information content (AvgIpc) is 2.64. The van der Waals surface area contributed by atoms with Gasteiger partial charge in [0.15, 0.2) is 0 Å². The van der Waals surface area contributed by atoms with Crippen LogP contribution in [0.1, 0.15) is 27.7 Å². The summed E-state index contributed by atoms with van der Waals surface area (Å²) in [6, 6.07) is 0. The van der Waals surface area contributed by atoms with Crippen LogP contribution in [-0.4, -0.2) is 46.2 Å². The summed E-state index contributed by atoms with van der Waals surface area (Å²) in [6.07, 6.45) is 0. The van der Waals surface area contributed by atoms with E-state index >= 15 is 0 Å². The van der Waals surface area contributed by atoms with Crippen molar-refractivity contribution in [1.29, 1.82) is 0 Å². The Morgan fingerprint density at radius 3 is 2.06 bits per heavy atom. The Balaban J connectivity index is 2.70. The van der Waals surface area contributed by atoms with Crippen molar-refractivity contribution in [3.8, 4) is 0 Å². The molecule has 1 amide bonds. The van der Waals surface area contributed by atoms with Gasteiger partial charge in [-0.2, -0.15) is 0 Å². The first-order valence-electron chi connectivity index (χ1n) is 5.68. The van der Waals surface area contributed by atoms with Crippen LogP contribution in [-0.2, 0) is 9.59 Å². The standard InChI is InChI=1S/C12H21NO4/c1-11(2,17)6-13(5)9(14)7-8(10(15)16)12(7,3)4/h7-8,17H,6H2,1-5H3,(H,15,16). The van der Waals surface area contributed by atoms with Crippen molar-refractivity contribution < 1.29 is 19.8 Å². The minimum absolute atomic E-state index is 0.199. The number of hydrogen-bond acceptors (Lipinski definition) is 3. The zero-order chi connectivity index (χ0) is 13.6. The number of amides is 1. The van der Waals surface area contributed by atoms with E-state index in [-0.39, 0.29) is 12.5 Å². The summed E-state index contributed by atoms with van der Waals surface area (Å²) in [5, 5.41) is 18.6. The number of rotatable bonds is 4. The van der Waals surface area contributed by atoms with E-state index in [1.807, 2.05) is 0 Å². The Bertz CT molecular complexity index is 343. The molecule has 0 aromatic rings. The third-order valence-corrected chi connectivity index (χ3v) is 3.36. The molecule has 98 valence electrons. The number of hydrogen-bond donors (Lipinski definition) is 2. The molecule has 17 heavy (non-hydrogen) atoms. The first-order chi connectivity index (χ1) is 7.48. The zero-order valence-corrected chi connectivity index (χ0v) is 11.0. The number of likely N-dealkylation sites (N-methyl/N-ethyl adjacent to an activating group) is 1. The van der Waals surface area contributed by atoms with Gasteiger partial charge in [-0.3, -0.25) is 9.59 Å². The van der Waals surface area contributed by atoms with Crippen molar-refractivity contribution >= 4 is 11.9 Å². The van der Waals surface area contributed by atoms with Gasteiger partial charge in [-0.05, 0) is 19.3 Å². The first kappa shape index (κ1) is 14.0. The molecule has 0 heterocycles. The van der Waals surface area contributed by atoms with E-state index in [0.29, 0.717) is 0 Å². The number of aliphatic carboxylic acids is 1. The predicted octanol–water partition coefficient (Wildman–Crippen LogP) is 0.572. The molecular formula is C12H21NO4. The zero-order valence-electron chi connectivity index (χ0n) is 11.0. The van der Waals surface area contributed by atoms with Crippen molar-refractivity contribution in [2.24, 2.45) is 17.3 Å². The van der Waals surface area contributed by atoms with Gasteiger partial charge in [-0.15, -0.1) is 0 Å². The van der Waals surface area contributed by atoms with Gasteiger partial charge in [0.2, 0.25) is 5.91 Å². The normalized spacial score (nSPS) is 26.5. The molecule has 1 rings (SSSR count). The molecule has 0 aromatic heterocycles. The number of nitrogens with zero attached hydrogens (tertiary/aromatic N) is 1. The van der Waals surface area contributed by atoms with Gasteiger partial charge in [-0.1, -0.05) is 13.8 Å². The van der Waals surface area contributed by atoms with E-state index in [1.165, 1.54) is 4.90 Å². The van der Waals surface area contributed by atoms with Gasteiger partial charge in [0, 0.05) is 13.6 Å². The fourth-order valence-electron chi connectivity index (χ4n) is 2.46. The quantitative estimate of drug-likeness (QED) is 0.757. The van der Waals surface area contributed by atoms with Crippen LogP contribution in [0, 0.1) is 17.3 Å². The van der Waals surface area contributed by atoms with Gasteiger partial charge in [0.05, 0.1) is 17.4 Å². The SMILES string of the molecule is CN(CC(C)(C)O)C(=O)C1C(C(=O)O)C1(C)C.